The average molecular weight is 621 g/mol. The number of benzene rings is 7. The first-order chi connectivity index (χ1) is 23.6. The van der Waals surface area contributed by atoms with E-state index < -0.39 is 0 Å². The average Bonchev–Trinajstić information content (AvgIpc) is 3.14. The quantitative estimate of drug-likeness (QED) is 0.181. The number of hydrogen-bond acceptors (Lipinski definition) is 2. The monoisotopic (exact) mass is 620 g/mol. The van der Waals surface area contributed by atoms with Crippen LogP contribution in [0, 0.1) is 13.8 Å². The first-order valence-electron chi connectivity index (χ1n) is 17.5. The molecule has 0 saturated heterocycles. The molecule has 2 heteroatoms. The second kappa shape index (κ2) is 11.7. The van der Waals surface area contributed by atoms with Crippen molar-refractivity contribution in [2.45, 2.75) is 39.5 Å². The van der Waals surface area contributed by atoms with Gasteiger partial charge in [0.05, 0.1) is 11.4 Å². The second-order valence-corrected chi connectivity index (χ2v) is 13.7. The standard InChI is InChI=1S/C46H40N2/c1-31-17-19-35-15-9-25-47(43(35)27-31)45-39-23-21-38(34-13-7-4-8-14-34)30-42(39)46(48-26-10-16-36-20-18-32(2)28-44(36)48)40-24-22-37(29-41(40)45)33-11-5-3-6-12-33/h3-8,11-14,17-24,27-30H,9-10,15-16,25-26H2,1-2H3. The summed E-state index contributed by atoms with van der Waals surface area (Å²) < 4.78 is 0. The minimum atomic E-state index is 1.00. The number of anilines is 4. The number of nitrogens with zero attached hydrogens (tertiary/aromatic N) is 2. The fraction of sp³-hybridized carbons (Fsp3) is 0.174. The molecule has 0 fully saturated rings. The Bertz CT molecular complexity index is 2150. The summed E-state index contributed by atoms with van der Waals surface area (Å²) in [5, 5.41) is 5.27. The molecule has 0 unspecified atom stereocenters. The Morgan fingerprint density at radius 3 is 1.27 bits per heavy atom. The highest BCUT2D eigenvalue weighted by molar-refractivity contribution is 6.23. The van der Waals surface area contributed by atoms with Gasteiger partial charge in [0.2, 0.25) is 0 Å². The van der Waals surface area contributed by atoms with Crippen LogP contribution in [0.25, 0.3) is 43.8 Å². The van der Waals surface area contributed by atoms with Gasteiger partial charge in [0.15, 0.2) is 0 Å². The molecule has 2 nitrogen and oxygen atoms in total. The van der Waals surface area contributed by atoms with E-state index in [9.17, 15) is 0 Å². The van der Waals surface area contributed by atoms with Crippen LogP contribution in [0.1, 0.15) is 35.1 Å². The third kappa shape index (κ3) is 4.86. The highest BCUT2D eigenvalue weighted by Crippen LogP contribution is 2.51. The molecule has 0 spiro atoms. The van der Waals surface area contributed by atoms with Crippen molar-refractivity contribution in [3.63, 3.8) is 0 Å². The van der Waals surface area contributed by atoms with Gasteiger partial charge in [0, 0.05) is 46.0 Å². The Balaban J connectivity index is 1.42. The van der Waals surface area contributed by atoms with Crippen molar-refractivity contribution in [1.82, 2.24) is 0 Å². The molecule has 0 N–H and O–H groups in total. The Kier molecular flexibility index (Phi) is 7.04. The Morgan fingerprint density at radius 1 is 0.396 bits per heavy atom. The van der Waals surface area contributed by atoms with Crippen molar-refractivity contribution in [3.05, 3.63) is 156 Å². The zero-order valence-corrected chi connectivity index (χ0v) is 27.8. The van der Waals surface area contributed by atoms with Crippen LogP contribution in [0.4, 0.5) is 22.7 Å². The highest BCUT2D eigenvalue weighted by atomic mass is 15.2. The highest BCUT2D eigenvalue weighted by Gasteiger charge is 2.28. The van der Waals surface area contributed by atoms with Crippen molar-refractivity contribution in [2.75, 3.05) is 22.9 Å². The molecule has 2 aliphatic rings. The van der Waals surface area contributed by atoms with E-state index in [-0.39, 0.29) is 0 Å². The lowest BCUT2D eigenvalue weighted by Gasteiger charge is -2.37. The van der Waals surface area contributed by atoms with Gasteiger partial charge in [-0.05, 0) is 108 Å². The number of hydrogen-bond donors (Lipinski definition) is 0. The van der Waals surface area contributed by atoms with E-state index in [0.717, 1.165) is 38.8 Å². The first kappa shape index (κ1) is 28.8. The molecule has 0 bridgehead atoms. The van der Waals surface area contributed by atoms with Gasteiger partial charge >= 0.3 is 0 Å². The molecule has 0 aliphatic carbocycles. The van der Waals surface area contributed by atoms with Gasteiger partial charge in [-0.2, -0.15) is 0 Å². The predicted octanol–water partition coefficient (Wildman–Crippen LogP) is 12.1. The summed E-state index contributed by atoms with van der Waals surface area (Å²) in [6.45, 7) is 6.45. The lowest BCUT2D eigenvalue weighted by Crippen LogP contribution is -2.27. The van der Waals surface area contributed by atoms with Gasteiger partial charge in [0.25, 0.3) is 0 Å². The molecule has 0 saturated carbocycles. The van der Waals surface area contributed by atoms with E-state index in [0.29, 0.717) is 0 Å². The van der Waals surface area contributed by atoms with Crippen LogP contribution in [0.2, 0.25) is 0 Å². The van der Waals surface area contributed by atoms with Crippen molar-refractivity contribution < 1.29 is 0 Å². The van der Waals surface area contributed by atoms with E-state index >= 15 is 0 Å². The minimum absolute atomic E-state index is 1.00. The van der Waals surface area contributed by atoms with Crippen LogP contribution < -0.4 is 9.80 Å². The molecule has 2 heterocycles. The summed E-state index contributed by atoms with van der Waals surface area (Å²) in [7, 11) is 0. The van der Waals surface area contributed by atoms with Gasteiger partial charge < -0.3 is 9.80 Å². The molecule has 0 atom stereocenters. The van der Waals surface area contributed by atoms with E-state index in [1.165, 1.54) is 88.8 Å². The smallest absolute Gasteiger partial charge is 0.0571 e. The zero-order chi connectivity index (χ0) is 32.2. The fourth-order valence-corrected chi connectivity index (χ4v) is 8.22. The molecule has 0 amide bonds. The number of aryl methyl sites for hydroxylation is 4. The maximum atomic E-state index is 2.64. The minimum Gasteiger partial charge on any atom is -0.340 e. The molecule has 0 aromatic heterocycles. The Hall–Kier alpha value is -5.34. The van der Waals surface area contributed by atoms with Crippen molar-refractivity contribution in [3.8, 4) is 22.3 Å². The third-order valence-electron chi connectivity index (χ3n) is 10.5. The van der Waals surface area contributed by atoms with E-state index in [1.54, 1.807) is 0 Å². The van der Waals surface area contributed by atoms with Crippen LogP contribution >= 0.6 is 0 Å². The lowest BCUT2D eigenvalue weighted by molar-refractivity contribution is 0.767. The predicted molar refractivity (Wildman–Crippen MR) is 205 cm³/mol. The van der Waals surface area contributed by atoms with E-state index in [4.69, 9.17) is 0 Å². The third-order valence-corrected chi connectivity index (χ3v) is 10.5. The summed E-state index contributed by atoms with van der Waals surface area (Å²) in [5.74, 6) is 0. The Labute approximate surface area is 283 Å². The first-order valence-corrected chi connectivity index (χ1v) is 17.5. The van der Waals surface area contributed by atoms with Crippen molar-refractivity contribution in [2.24, 2.45) is 0 Å². The van der Waals surface area contributed by atoms with E-state index in [1.807, 2.05) is 0 Å². The maximum Gasteiger partial charge on any atom is 0.0571 e. The van der Waals surface area contributed by atoms with Crippen LogP contribution in [-0.4, -0.2) is 13.1 Å². The molecule has 0 radical (unpaired) electrons. The lowest BCUT2D eigenvalue weighted by atomic mass is 9.89. The van der Waals surface area contributed by atoms with Crippen molar-refractivity contribution >= 4 is 44.3 Å². The van der Waals surface area contributed by atoms with Crippen LogP contribution in [0.15, 0.2) is 133 Å². The summed E-state index contributed by atoms with van der Waals surface area (Å²) >= 11 is 0. The molecular formula is C46H40N2. The largest absolute Gasteiger partial charge is 0.340 e. The van der Waals surface area contributed by atoms with Crippen molar-refractivity contribution in [1.29, 1.82) is 0 Å². The summed E-state index contributed by atoms with van der Waals surface area (Å²) in [4.78, 5) is 5.29. The van der Waals surface area contributed by atoms with Gasteiger partial charge in [-0.1, -0.05) is 109 Å². The number of fused-ring (bicyclic) bond motifs is 4. The van der Waals surface area contributed by atoms with Gasteiger partial charge in [-0.3, -0.25) is 0 Å². The Morgan fingerprint density at radius 2 is 0.833 bits per heavy atom. The molecule has 2 aliphatic heterocycles. The van der Waals surface area contributed by atoms with Gasteiger partial charge in [-0.25, -0.2) is 0 Å². The number of rotatable bonds is 4. The summed E-state index contributed by atoms with van der Waals surface area (Å²) in [6, 6.07) is 50.3. The fourth-order valence-electron chi connectivity index (χ4n) is 8.22. The molecular weight excluding hydrogens is 581 g/mol. The molecule has 48 heavy (non-hydrogen) atoms. The maximum absolute atomic E-state index is 2.64. The molecule has 7 aromatic rings. The summed E-state index contributed by atoms with van der Waals surface area (Å²) in [5.41, 5.74) is 15.9. The normalized spacial score (nSPS) is 14.3. The van der Waals surface area contributed by atoms with Gasteiger partial charge in [-0.15, -0.1) is 0 Å². The molecule has 7 aromatic carbocycles. The van der Waals surface area contributed by atoms with Crippen LogP contribution in [-0.2, 0) is 12.8 Å². The second-order valence-electron chi connectivity index (χ2n) is 13.7. The van der Waals surface area contributed by atoms with E-state index in [2.05, 4.69) is 157 Å². The SMILES string of the molecule is Cc1ccc2c(c1)N(c1c3ccc(-c4ccccc4)cc3c(N3CCCc4ccc(C)cc43)c3ccc(-c4ccccc4)cc13)CCC2. The molecule has 234 valence electrons. The van der Waals surface area contributed by atoms with Crippen LogP contribution in [0.5, 0.6) is 0 Å². The van der Waals surface area contributed by atoms with Gasteiger partial charge in [0.1, 0.15) is 0 Å². The molecule has 9 rings (SSSR count). The van der Waals surface area contributed by atoms with Crippen LogP contribution in [0.3, 0.4) is 0 Å². The topological polar surface area (TPSA) is 6.48 Å². The summed E-state index contributed by atoms with van der Waals surface area (Å²) in [6.07, 6.45) is 4.52. The zero-order valence-electron chi connectivity index (χ0n) is 27.8.